The Balaban J connectivity index is -0.0000000300. The number of hydrogen-bond donors (Lipinski definition) is 0. The summed E-state index contributed by atoms with van der Waals surface area (Å²) in [5.74, 6) is 0. The van der Waals surface area contributed by atoms with Gasteiger partial charge in [0.05, 0.1) is 10.2 Å². The van der Waals surface area contributed by atoms with Crippen LogP contribution in [0.2, 0.25) is 0 Å². The summed E-state index contributed by atoms with van der Waals surface area (Å²) < 4.78 is 0. The molecule has 48 valence electrons. The van der Waals surface area contributed by atoms with Gasteiger partial charge in [-0.1, -0.05) is 0 Å². The van der Waals surface area contributed by atoms with Crippen molar-refractivity contribution in [3.63, 3.8) is 0 Å². The van der Waals surface area contributed by atoms with Gasteiger partial charge in [0, 0.05) is 0 Å². The van der Waals surface area contributed by atoms with E-state index in [1.807, 2.05) is 0 Å². The minimum atomic E-state index is -1.75. The molecule has 8 nitrogen and oxygen atoms in total. The highest BCUT2D eigenvalue weighted by Gasteiger charge is 1.46. The van der Waals surface area contributed by atoms with Crippen LogP contribution >= 0.6 is 0 Å². The monoisotopic (exact) mass is 126 g/mol. The van der Waals surface area contributed by atoms with E-state index < -0.39 is 10.2 Å². The standard InChI is InChI=1S/2NO3/c2*2-1(3)4/q2*-1/p+2. The summed E-state index contributed by atoms with van der Waals surface area (Å²) in [4.78, 5) is 16.5. The lowest BCUT2D eigenvalue weighted by atomic mass is 13.1. The van der Waals surface area contributed by atoms with Gasteiger partial charge >= 0.3 is 2.85 Å². The first-order valence-electron chi connectivity index (χ1n) is 1.10. The van der Waals surface area contributed by atoms with Crippen molar-refractivity contribution < 1.29 is 13.0 Å². The van der Waals surface area contributed by atoms with Crippen LogP contribution in [0.25, 0.3) is 0 Å². The molecule has 0 N–H and O–H groups in total. The van der Waals surface area contributed by atoms with E-state index in [-0.39, 0.29) is 2.85 Å². The third-order valence-corrected chi connectivity index (χ3v) is 0. The molecule has 0 rings (SSSR count). The summed E-state index contributed by atoms with van der Waals surface area (Å²) in [5, 5.41) is 29.5. The van der Waals surface area contributed by atoms with E-state index in [0.29, 0.717) is 0 Å². The van der Waals surface area contributed by atoms with Crippen molar-refractivity contribution in [2.45, 2.75) is 0 Å². The van der Waals surface area contributed by atoms with Crippen LogP contribution in [0.15, 0.2) is 0 Å². The van der Waals surface area contributed by atoms with Crippen LogP contribution in [0.5, 0.6) is 0 Å². The molecular formula is H2N2O6. The molecule has 0 spiro atoms. The molecule has 8 heavy (non-hydrogen) atoms. The number of hydrogen-bond acceptors (Lipinski definition) is 6. The fourth-order valence-corrected chi connectivity index (χ4v) is 0. The molecule has 8 heteroatoms. The second kappa shape index (κ2) is 5.40. The van der Waals surface area contributed by atoms with Crippen LogP contribution in [0, 0.1) is 30.6 Å². The van der Waals surface area contributed by atoms with Gasteiger partial charge in [0.15, 0.2) is 0 Å². The predicted octanol–water partition coefficient (Wildman–Crippen LogP) is -0.253. The van der Waals surface area contributed by atoms with Crippen molar-refractivity contribution in [2.24, 2.45) is 0 Å². The van der Waals surface area contributed by atoms with Gasteiger partial charge in [-0.25, -0.2) is 0 Å². The lowest BCUT2D eigenvalue weighted by Gasteiger charge is -1.74. The Hall–Kier alpha value is -1.60. The van der Waals surface area contributed by atoms with E-state index >= 15 is 0 Å². The highest BCUT2D eigenvalue weighted by Crippen LogP contribution is 1.44. The maximum Gasteiger partial charge on any atom is 1.00 e. The normalized spacial score (nSPS) is 6.00. The van der Waals surface area contributed by atoms with E-state index in [0.717, 1.165) is 0 Å². The summed E-state index contributed by atoms with van der Waals surface area (Å²) in [6, 6.07) is 0. The first-order valence-corrected chi connectivity index (χ1v) is 1.10. The minimum absolute atomic E-state index is 0. The van der Waals surface area contributed by atoms with Crippen LogP contribution in [-0.2, 0) is 0 Å². The van der Waals surface area contributed by atoms with Crippen molar-refractivity contribution in [1.29, 1.82) is 0 Å². The fourth-order valence-electron chi connectivity index (χ4n) is 0. The molecule has 0 aliphatic carbocycles. The van der Waals surface area contributed by atoms with Gasteiger partial charge in [0.2, 0.25) is 0 Å². The second-order valence-electron chi connectivity index (χ2n) is 0.447. The van der Waals surface area contributed by atoms with Crippen molar-refractivity contribution in [3.8, 4) is 0 Å². The summed E-state index contributed by atoms with van der Waals surface area (Å²) in [5.41, 5.74) is 0. The van der Waals surface area contributed by atoms with Crippen molar-refractivity contribution in [1.82, 2.24) is 0 Å². The van der Waals surface area contributed by atoms with Gasteiger partial charge in [-0.3, -0.25) is 0 Å². The first kappa shape index (κ1) is 9.64. The van der Waals surface area contributed by atoms with Gasteiger partial charge in [0.25, 0.3) is 0 Å². The van der Waals surface area contributed by atoms with Gasteiger partial charge in [-0.15, -0.1) is 0 Å². The summed E-state index contributed by atoms with van der Waals surface area (Å²) in [6.07, 6.45) is 0. The van der Waals surface area contributed by atoms with Gasteiger partial charge < -0.3 is 30.6 Å². The Kier molecular flexibility index (Phi) is 6.51. The maximum absolute atomic E-state index is 8.25. The highest BCUT2D eigenvalue weighted by molar-refractivity contribution is 4.04. The van der Waals surface area contributed by atoms with E-state index in [1.165, 1.54) is 0 Å². The topological polar surface area (TPSA) is 132 Å². The number of nitrogens with zero attached hydrogens (tertiary/aromatic N) is 2. The van der Waals surface area contributed by atoms with E-state index in [9.17, 15) is 0 Å². The third-order valence-electron chi connectivity index (χ3n) is 0. The second-order valence-corrected chi connectivity index (χ2v) is 0.447. The summed E-state index contributed by atoms with van der Waals surface area (Å²) >= 11 is 0. The molecule has 0 saturated carbocycles. The van der Waals surface area contributed by atoms with Crippen LogP contribution < -0.4 is 0 Å². The molecule has 0 heterocycles. The zero-order valence-electron chi connectivity index (χ0n) is 5.34. The average Bonchev–Trinajstić information content (AvgIpc) is 1.25. The molecule has 0 aromatic rings. The molecule has 0 atom stereocenters. The number of rotatable bonds is 0. The summed E-state index contributed by atoms with van der Waals surface area (Å²) in [7, 11) is 0. The van der Waals surface area contributed by atoms with Crippen molar-refractivity contribution in [2.75, 3.05) is 0 Å². The minimum Gasteiger partial charge on any atom is -0.356 e. The summed E-state index contributed by atoms with van der Waals surface area (Å²) in [6.45, 7) is 0. The Bertz CT molecular complexity index is 71.7. The molecule has 0 aliphatic heterocycles. The van der Waals surface area contributed by atoms with Crippen LogP contribution in [-0.4, -0.2) is 10.2 Å². The Morgan fingerprint density at radius 2 is 0.875 bits per heavy atom. The zero-order valence-corrected chi connectivity index (χ0v) is 3.34. The average molecular weight is 126 g/mol. The molecule has 0 aliphatic rings. The fraction of sp³-hybridized carbons (Fsp3) is 0. The van der Waals surface area contributed by atoms with E-state index in [2.05, 4.69) is 0 Å². The molecule has 0 saturated heterocycles. The van der Waals surface area contributed by atoms with Gasteiger partial charge in [-0.2, -0.15) is 0 Å². The van der Waals surface area contributed by atoms with Crippen LogP contribution in [0.1, 0.15) is 2.85 Å². The first-order chi connectivity index (χ1) is 3.46. The molecule has 0 aromatic heterocycles. The molecule has 0 bridgehead atoms. The zero-order chi connectivity index (χ0) is 7.15. The van der Waals surface area contributed by atoms with Crippen molar-refractivity contribution in [3.05, 3.63) is 30.6 Å². The maximum atomic E-state index is 8.25. The predicted molar refractivity (Wildman–Crippen MR) is 22.9 cm³/mol. The Labute approximate surface area is 45.2 Å². The molecule has 0 radical (unpaired) electrons. The molecular weight excluding hydrogens is 124 g/mol. The third kappa shape index (κ3) is 19.9. The smallest absolute Gasteiger partial charge is 0.356 e. The quantitative estimate of drug-likeness (QED) is 0.324. The molecule has 0 amide bonds. The molecule has 0 fully saturated rings. The molecule has 0 unspecified atom stereocenters. The van der Waals surface area contributed by atoms with E-state index in [4.69, 9.17) is 30.6 Å². The SMILES string of the molecule is O=[N+]([O-])[O-].O=[N+]([O-])[O-].[H+].[H+]. The Morgan fingerprint density at radius 3 is 0.875 bits per heavy atom. The van der Waals surface area contributed by atoms with Crippen molar-refractivity contribution >= 4 is 0 Å². The van der Waals surface area contributed by atoms with Gasteiger partial charge in [0.1, 0.15) is 0 Å². The lowest BCUT2D eigenvalue weighted by Crippen LogP contribution is -1.74. The Morgan fingerprint density at radius 1 is 0.875 bits per heavy atom. The van der Waals surface area contributed by atoms with Gasteiger partial charge in [-0.05, 0) is 0 Å². The van der Waals surface area contributed by atoms with Crippen LogP contribution in [0.4, 0.5) is 0 Å². The lowest BCUT2D eigenvalue weighted by molar-refractivity contribution is -0.403. The van der Waals surface area contributed by atoms with Crippen LogP contribution in [0.3, 0.4) is 0 Å². The van der Waals surface area contributed by atoms with E-state index in [1.54, 1.807) is 0 Å². The highest BCUT2D eigenvalue weighted by atomic mass is 16.9. The molecule has 0 aromatic carbocycles. The largest absolute Gasteiger partial charge is 1.00 e.